The molecule has 0 bridgehead atoms. The van der Waals surface area contributed by atoms with E-state index in [1.165, 1.54) is 6.42 Å². The minimum atomic E-state index is 0.0433. The van der Waals surface area contributed by atoms with Gasteiger partial charge >= 0.3 is 0 Å². The molecule has 1 aromatic rings. The van der Waals surface area contributed by atoms with Gasteiger partial charge in [0.15, 0.2) is 5.78 Å². The van der Waals surface area contributed by atoms with Gasteiger partial charge < -0.3 is 10.1 Å². The SMILES string of the molecule is CCOc1cc(C(=O)CCCCl)ccc1NC(=O)C1CCCCC1. The number of halogens is 1. The van der Waals surface area contributed by atoms with Crippen molar-refractivity contribution in [2.45, 2.75) is 51.9 Å². The van der Waals surface area contributed by atoms with Crippen LogP contribution in [-0.2, 0) is 4.79 Å². The molecule has 0 heterocycles. The van der Waals surface area contributed by atoms with Gasteiger partial charge in [-0.05, 0) is 44.4 Å². The van der Waals surface area contributed by atoms with Crippen LogP contribution < -0.4 is 10.1 Å². The molecule has 132 valence electrons. The van der Waals surface area contributed by atoms with Crippen molar-refractivity contribution in [3.8, 4) is 5.75 Å². The Labute approximate surface area is 148 Å². The molecule has 1 amide bonds. The summed E-state index contributed by atoms with van der Waals surface area (Å²) in [6.07, 6.45) is 6.42. The van der Waals surface area contributed by atoms with E-state index < -0.39 is 0 Å². The van der Waals surface area contributed by atoms with E-state index in [1.807, 2.05) is 6.92 Å². The van der Waals surface area contributed by atoms with Crippen LogP contribution in [0.2, 0.25) is 0 Å². The van der Waals surface area contributed by atoms with Crippen LogP contribution in [0.15, 0.2) is 18.2 Å². The molecule has 1 aliphatic carbocycles. The van der Waals surface area contributed by atoms with E-state index in [0.29, 0.717) is 42.3 Å². The summed E-state index contributed by atoms with van der Waals surface area (Å²) in [5.41, 5.74) is 1.24. The maximum atomic E-state index is 12.4. The number of alkyl halides is 1. The zero-order valence-corrected chi connectivity index (χ0v) is 15.0. The second kappa shape index (κ2) is 9.67. The average Bonchev–Trinajstić information content (AvgIpc) is 2.62. The van der Waals surface area contributed by atoms with Crippen LogP contribution in [0.1, 0.15) is 62.2 Å². The summed E-state index contributed by atoms with van der Waals surface area (Å²) in [7, 11) is 0. The van der Waals surface area contributed by atoms with Crippen LogP contribution in [0.5, 0.6) is 5.75 Å². The van der Waals surface area contributed by atoms with Crippen molar-refractivity contribution < 1.29 is 14.3 Å². The van der Waals surface area contributed by atoms with Crippen LogP contribution in [0.3, 0.4) is 0 Å². The van der Waals surface area contributed by atoms with Crippen molar-refractivity contribution in [2.75, 3.05) is 17.8 Å². The normalized spacial score (nSPS) is 15.1. The summed E-state index contributed by atoms with van der Waals surface area (Å²) in [4.78, 5) is 24.6. The zero-order chi connectivity index (χ0) is 17.4. The number of nitrogens with one attached hydrogen (secondary N) is 1. The summed E-state index contributed by atoms with van der Waals surface area (Å²) in [5.74, 6) is 1.20. The summed E-state index contributed by atoms with van der Waals surface area (Å²) in [6, 6.07) is 5.23. The minimum Gasteiger partial charge on any atom is -0.492 e. The molecule has 1 fully saturated rings. The molecule has 5 heteroatoms. The van der Waals surface area contributed by atoms with Crippen molar-refractivity contribution in [3.63, 3.8) is 0 Å². The molecular weight excluding hydrogens is 326 g/mol. The zero-order valence-electron chi connectivity index (χ0n) is 14.3. The molecule has 4 nitrogen and oxygen atoms in total. The van der Waals surface area contributed by atoms with E-state index in [0.717, 1.165) is 25.7 Å². The van der Waals surface area contributed by atoms with E-state index in [-0.39, 0.29) is 17.6 Å². The number of ketones is 1. The predicted molar refractivity (Wildman–Crippen MR) is 97.1 cm³/mol. The first kappa shape index (κ1) is 18.8. The Hall–Kier alpha value is -1.55. The quantitative estimate of drug-likeness (QED) is 0.540. The molecule has 1 aromatic carbocycles. The second-order valence-electron chi connectivity index (χ2n) is 6.18. The molecule has 0 atom stereocenters. The molecule has 0 aliphatic heterocycles. The van der Waals surface area contributed by atoms with Crippen molar-refractivity contribution in [1.29, 1.82) is 0 Å². The molecule has 0 aromatic heterocycles. The highest BCUT2D eigenvalue weighted by Crippen LogP contribution is 2.30. The van der Waals surface area contributed by atoms with E-state index in [1.54, 1.807) is 18.2 Å². The highest BCUT2D eigenvalue weighted by atomic mass is 35.5. The number of carbonyl (C=O) groups is 2. The summed E-state index contributed by atoms with van der Waals surface area (Å²) < 4.78 is 5.63. The van der Waals surface area contributed by atoms with Crippen LogP contribution in [0.25, 0.3) is 0 Å². The van der Waals surface area contributed by atoms with Gasteiger partial charge in [-0.15, -0.1) is 11.6 Å². The average molecular weight is 352 g/mol. The molecule has 0 unspecified atom stereocenters. The Bertz CT molecular complexity index is 568. The number of ether oxygens (including phenoxy) is 1. The smallest absolute Gasteiger partial charge is 0.227 e. The van der Waals surface area contributed by atoms with E-state index in [2.05, 4.69) is 5.32 Å². The van der Waals surface area contributed by atoms with Crippen LogP contribution >= 0.6 is 11.6 Å². The van der Waals surface area contributed by atoms with Crippen molar-refractivity contribution in [3.05, 3.63) is 23.8 Å². The van der Waals surface area contributed by atoms with Gasteiger partial charge in [0.1, 0.15) is 5.75 Å². The highest BCUT2D eigenvalue weighted by molar-refractivity contribution is 6.18. The van der Waals surface area contributed by atoms with Gasteiger partial charge in [0.05, 0.1) is 12.3 Å². The second-order valence-corrected chi connectivity index (χ2v) is 6.56. The largest absolute Gasteiger partial charge is 0.492 e. The third kappa shape index (κ3) is 5.23. The number of anilines is 1. The molecule has 1 N–H and O–H groups in total. The Morgan fingerprint density at radius 3 is 2.67 bits per heavy atom. The molecule has 0 radical (unpaired) electrons. The van der Waals surface area contributed by atoms with Crippen molar-refractivity contribution in [1.82, 2.24) is 0 Å². The van der Waals surface area contributed by atoms with Crippen LogP contribution in [-0.4, -0.2) is 24.2 Å². The summed E-state index contributed by atoms with van der Waals surface area (Å²) >= 11 is 5.65. The first-order chi connectivity index (χ1) is 11.7. The van der Waals surface area contributed by atoms with E-state index >= 15 is 0 Å². The first-order valence-corrected chi connectivity index (χ1v) is 9.36. The van der Waals surface area contributed by atoms with Gasteiger partial charge in [0.25, 0.3) is 0 Å². The fraction of sp³-hybridized carbons (Fsp3) is 0.579. The van der Waals surface area contributed by atoms with Gasteiger partial charge in [0, 0.05) is 23.8 Å². The summed E-state index contributed by atoms with van der Waals surface area (Å²) in [6.45, 7) is 2.36. The number of hydrogen-bond acceptors (Lipinski definition) is 3. The van der Waals surface area contributed by atoms with Gasteiger partial charge in [-0.3, -0.25) is 9.59 Å². The lowest BCUT2D eigenvalue weighted by Crippen LogP contribution is -2.25. The molecular formula is C19H26ClNO3. The monoisotopic (exact) mass is 351 g/mol. The van der Waals surface area contributed by atoms with Gasteiger partial charge in [0.2, 0.25) is 5.91 Å². The number of hydrogen-bond donors (Lipinski definition) is 1. The van der Waals surface area contributed by atoms with Gasteiger partial charge in [-0.1, -0.05) is 19.3 Å². The minimum absolute atomic E-state index is 0.0433. The third-order valence-corrected chi connectivity index (χ3v) is 4.64. The number of carbonyl (C=O) groups excluding carboxylic acids is 2. The Balaban J connectivity index is 2.10. The molecule has 1 aliphatic rings. The Morgan fingerprint density at radius 2 is 2.00 bits per heavy atom. The number of benzene rings is 1. The fourth-order valence-electron chi connectivity index (χ4n) is 3.05. The molecule has 24 heavy (non-hydrogen) atoms. The number of rotatable bonds is 8. The maximum absolute atomic E-state index is 12.4. The lowest BCUT2D eigenvalue weighted by atomic mass is 9.88. The number of Topliss-reactive ketones (excluding diaryl/α,β-unsaturated/α-hetero) is 1. The molecule has 2 rings (SSSR count). The predicted octanol–water partition coefficient (Wildman–Crippen LogP) is 4.81. The molecule has 1 saturated carbocycles. The highest BCUT2D eigenvalue weighted by Gasteiger charge is 2.22. The number of amides is 1. The first-order valence-electron chi connectivity index (χ1n) is 8.82. The third-order valence-electron chi connectivity index (χ3n) is 4.37. The lowest BCUT2D eigenvalue weighted by molar-refractivity contribution is -0.120. The fourth-order valence-corrected chi connectivity index (χ4v) is 3.18. The lowest BCUT2D eigenvalue weighted by Gasteiger charge is -2.21. The van der Waals surface area contributed by atoms with Crippen molar-refractivity contribution in [2.24, 2.45) is 5.92 Å². The topological polar surface area (TPSA) is 55.4 Å². The van der Waals surface area contributed by atoms with E-state index in [9.17, 15) is 9.59 Å². The van der Waals surface area contributed by atoms with Crippen LogP contribution in [0.4, 0.5) is 5.69 Å². The maximum Gasteiger partial charge on any atom is 0.227 e. The van der Waals surface area contributed by atoms with Crippen molar-refractivity contribution >= 4 is 29.0 Å². The Morgan fingerprint density at radius 1 is 1.25 bits per heavy atom. The molecule has 0 saturated heterocycles. The Kier molecular flexibility index (Phi) is 7.57. The van der Waals surface area contributed by atoms with E-state index in [4.69, 9.17) is 16.3 Å². The summed E-state index contributed by atoms with van der Waals surface area (Å²) in [5, 5.41) is 2.98. The standard InChI is InChI=1S/C19H26ClNO3/c1-2-24-18-13-15(17(22)9-6-12-20)10-11-16(18)21-19(23)14-7-4-3-5-8-14/h10-11,13-14H,2-9,12H2,1H3,(H,21,23). The van der Waals surface area contributed by atoms with Gasteiger partial charge in [-0.25, -0.2) is 0 Å². The molecule has 0 spiro atoms. The van der Waals surface area contributed by atoms with Gasteiger partial charge in [-0.2, -0.15) is 0 Å². The van der Waals surface area contributed by atoms with Crippen LogP contribution in [0, 0.1) is 5.92 Å².